The minimum absolute atomic E-state index is 0.773. The lowest BCUT2D eigenvalue weighted by Crippen LogP contribution is -1.93. The lowest BCUT2D eigenvalue weighted by Gasteiger charge is -2.09. The minimum atomic E-state index is 0.773. The van der Waals surface area contributed by atoms with Crippen molar-refractivity contribution in [1.29, 1.82) is 0 Å². The highest BCUT2D eigenvalue weighted by molar-refractivity contribution is 5.89. The second-order valence-corrected chi connectivity index (χ2v) is 3.32. The molecule has 1 aromatic carbocycles. The number of methoxy groups -OCH3 is 2. The smallest absolute Gasteiger partial charge is 0.145 e. The Morgan fingerprint density at radius 1 is 1.07 bits per heavy atom. The number of hydrogen-bond acceptors (Lipinski definition) is 3. The standard InChI is InChI=1S/C12H13NO2/c1-8-7-11(15-3)9-5-4-6-10(14-2)12(9)13-8/h4-7H,1-3H3. The average Bonchev–Trinajstić information content (AvgIpc) is 2.27. The van der Waals surface area contributed by atoms with E-state index in [0.717, 1.165) is 28.1 Å². The summed E-state index contributed by atoms with van der Waals surface area (Å²) in [6.07, 6.45) is 0. The van der Waals surface area contributed by atoms with Crippen molar-refractivity contribution in [2.45, 2.75) is 6.92 Å². The molecular formula is C12H13NO2. The Labute approximate surface area is 88.7 Å². The number of fused-ring (bicyclic) bond motifs is 1. The summed E-state index contributed by atoms with van der Waals surface area (Å²) in [4.78, 5) is 4.45. The van der Waals surface area contributed by atoms with Crippen LogP contribution in [0.2, 0.25) is 0 Å². The summed E-state index contributed by atoms with van der Waals surface area (Å²) in [5.41, 5.74) is 1.76. The monoisotopic (exact) mass is 203 g/mol. The third kappa shape index (κ3) is 1.61. The van der Waals surface area contributed by atoms with Gasteiger partial charge in [-0.25, -0.2) is 4.98 Å². The van der Waals surface area contributed by atoms with Gasteiger partial charge in [-0.05, 0) is 19.1 Å². The van der Waals surface area contributed by atoms with Crippen LogP contribution in [0.5, 0.6) is 11.5 Å². The molecule has 0 aliphatic carbocycles. The van der Waals surface area contributed by atoms with Gasteiger partial charge in [0.2, 0.25) is 0 Å². The average molecular weight is 203 g/mol. The molecule has 0 saturated heterocycles. The maximum Gasteiger partial charge on any atom is 0.145 e. The number of aryl methyl sites for hydroxylation is 1. The van der Waals surface area contributed by atoms with Crippen LogP contribution >= 0.6 is 0 Å². The highest BCUT2D eigenvalue weighted by Gasteiger charge is 2.07. The number of para-hydroxylation sites is 1. The van der Waals surface area contributed by atoms with Gasteiger partial charge in [0.25, 0.3) is 0 Å². The normalized spacial score (nSPS) is 10.3. The molecular weight excluding hydrogens is 190 g/mol. The molecule has 3 nitrogen and oxygen atoms in total. The number of ether oxygens (including phenoxy) is 2. The van der Waals surface area contributed by atoms with Crippen molar-refractivity contribution in [2.24, 2.45) is 0 Å². The van der Waals surface area contributed by atoms with Gasteiger partial charge < -0.3 is 9.47 Å². The van der Waals surface area contributed by atoms with Gasteiger partial charge in [-0.2, -0.15) is 0 Å². The van der Waals surface area contributed by atoms with Crippen molar-refractivity contribution in [3.63, 3.8) is 0 Å². The lowest BCUT2D eigenvalue weighted by molar-refractivity contribution is 0.414. The Hall–Kier alpha value is -1.77. The number of hydrogen-bond donors (Lipinski definition) is 0. The molecule has 3 heteroatoms. The molecule has 0 fully saturated rings. The van der Waals surface area contributed by atoms with Crippen molar-refractivity contribution in [1.82, 2.24) is 4.98 Å². The maximum atomic E-state index is 5.31. The van der Waals surface area contributed by atoms with E-state index in [1.807, 2.05) is 31.2 Å². The maximum absolute atomic E-state index is 5.31. The summed E-state index contributed by atoms with van der Waals surface area (Å²) in [6, 6.07) is 7.72. The van der Waals surface area contributed by atoms with Crippen LogP contribution in [0.1, 0.15) is 5.69 Å². The first-order valence-corrected chi connectivity index (χ1v) is 4.74. The van der Waals surface area contributed by atoms with E-state index in [-0.39, 0.29) is 0 Å². The van der Waals surface area contributed by atoms with E-state index >= 15 is 0 Å². The minimum Gasteiger partial charge on any atom is -0.496 e. The van der Waals surface area contributed by atoms with Crippen molar-refractivity contribution in [3.05, 3.63) is 30.0 Å². The Kier molecular flexibility index (Phi) is 2.46. The summed E-state index contributed by atoms with van der Waals surface area (Å²) in [5, 5.41) is 0.974. The zero-order valence-electron chi connectivity index (χ0n) is 9.07. The zero-order chi connectivity index (χ0) is 10.8. The fraction of sp³-hybridized carbons (Fsp3) is 0.250. The van der Waals surface area contributed by atoms with Gasteiger partial charge in [0, 0.05) is 17.1 Å². The van der Waals surface area contributed by atoms with E-state index in [4.69, 9.17) is 9.47 Å². The molecule has 2 rings (SSSR count). The van der Waals surface area contributed by atoms with E-state index in [1.54, 1.807) is 14.2 Å². The van der Waals surface area contributed by atoms with Gasteiger partial charge in [-0.1, -0.05) is 6.07 Å². The molecule has 0 saturated carbocycles. The number of aromatic nitrogens is 1. The molecule has 0 bridgehead atoms. The highest BCUT2D eigenvalue weighted by atomic mass is 16.5. The van der Waals surface area contributed by atoms with Crippen LogP contribution in [0.3, 0.4) is 0 Å². The molecule has 0 unspecified atom stereocenters. The van der Waals surface area contributed by atoms with Crippen LogP contribution in [-0.4, -0.2) is 19.2 Å². The molecule has 0 amide bonds. The summed E-state index contributed by atoms with van der Waals surface area (Å²) in [5.74, 6) is 1.60. The largest absolute Gasteiger partial charge is 0.496 e. The Morgan fingerprint density at radius 2 is 1.80 bits per heavy atom. The SMILES string of the molecule is COc1cc(C)nc2c(OC)cccc12. The van der Waals surface area contributed by atoms with Crippen LogP contribution in [0, 0.1) is 6.92 Å². The second kappa shape index (κ2) is 3.77. The number of pyridine rings is 1. The quantitative estimate of drug-likeness (QED) is 0.751. The predicted octanol–water partition coefficient (Wildman–Crippen LogP) is 2.56. The van der Waals surface area contributed by atoms with Crippen molar-refractivity contribution >= 4 is 10.9 Å². The molecule has 15 heavy (non-hydrogen) atoms. The van der Waals surface area contributed by atoms with E-state index < -0.39 is 0 Å². The first kappa shape index (κ1) is 9.77. The van der Waals surface area contributed by atoms with E-state index in [1.165, 1.54) is 0 Å². The summed E-state index contributed by atoms with van der Waals surface area (Å²) in [7, 11) is 3.30. The van der Waals surface area contributed by atoms with Crippen LogP contribution in [0.4, 0.5) is 0 Å². The summed E-state index contributed by atoms with van der Waals surface area (Å²) in [6.45, 7) is 1.94. The summed E-state index contributed by atoms with van der Waals surface area (Å²) < 4.78 is 10.6. The van der Waals surface area contributed by atoms with Crippen LogP contribution in [-0.2, 0) is 0 Å². The highest BCUT2D eigenvalue weighted by Crippen LogP contribution is 2.30. The molecule has 0 aliphatic rings. The first-order valence-electron chi connectivity index (χ1n) is 4.74. The van der Waals surface area contributed by atoms with Gasteiger partial charge in [0.05, 0.1) is 14.2 Å². The molecule has 2 aromatic rings. The zero-order valence-corrected chi connectivity index (χ0v) is 9.07. The molecule has 0 atom stereocenters. The summed E-state index contributed by atoms with van der Waals surface area (Å²) >= 11 is 0. The first-order chi connectivity index (χ1) is 7.26. The molecule has 0 aliphatic heterocycles. The van der Waals surface area contributed by atoms with Crippen LogP contribution < -0.4 is 9.47 Å². The fourth-order valence-electron chi connectivity index (χ4n) is 1.65. The van der Waals surface area contributed by atoms with E-state index in [9.17, 15) is 0 Å². The van der Waals surface area contributed by atoms with Crippen LogP contribution in [0.25, 0.3) is 10.9 Å². The van der Waals surface area contributed by atoms with Gasteiger partial charge in [-0.3, -0.25) is 0 Å². The predicted molar refractivity (Wildman–Crippen MR) is 59.6 cm³/mol. The van der Waals surface area contributed by atoms with E-state index in [2.05, 4.69) is 4.98 Å². The van der Waals surface area contributed by atoms with Gasteiger partial charge in [0.15, 0.2) is 0 Å². The number of rotatable bonds is 2. The van der Waals surface area contributed by atoms with Crippen molar-refractivity contribution < 1.29 is 9.47 Å². The topological polar surface area (TPSA) is 31.4 Å². The third-order valence-corrected chi connectivity index (χ3v) is 2.33. The number of benzene rings is 1. The molecule has 0 N–H and O–H groups in total. The van der Waals surface area contributed by atoms with Gasteiger partial charge in [-0.15, -0.1) is 0 Å². The molecule has 0 spiro atoms. The fourth-order valence-corrected chi connectivity index (χ4v) is 1.65. The Bertz CT molecular complexity index is 494. The molecule has 78 valence electrons. The van der Waals surface area contributed by atoms with Crippen molar-refractivity contribution in [3.8, 4) is 11.5 Å². The second-order valence-electron chi connectivity index (χ2n) is 3.32. The van der Waals surface area contributed by atoms with Gasteiger partial charge in [0.1, 0.15) is 17.0 Å². The Morgan fingerprint density at radius 3 is 2.47 bits per heavy atom. The lowest BCUT2D eigenvalue weighted by atomic mass is 10.1. The third-order valence-electron chi connectivity index (χ3n) is 2.33. The molecule has 0 radical (unpaired) electrons. The molecule has 1 heterocycles. The van der Waals surface area contributed by atoms with E-state index in [0.29, 0.717) is 0 Å². The molecule has 1 aromatic heterocycles. The van der Waals surface area contributed by atoms with Gasteiger partial charge >= 0.3 is 0 Å². The Balaban J connectivity index is 2.82. The van der Waals surface area contributed by atoms with Crippen molar-refractivity contribution in [2.75, 3.05) is 14.2 Å². The number of nitrogens with zero attached hydrogens (tertiary/aromatic N) is 1. The van der Waals surface area contributed by atoms with Crippen LogP contribution in [0.15, 0.2) is 24.3 Å².